The molecule has 8 heteroatoms. The highest BCUT2D eigenvalue weighted by atomic mass is 32.2. The van der Waals surface area contributed by atoms with E-state index in [2.05, 4.69) is 20.3 Å². The molecule has 0 N–H and O–H groups in total. The summed E-state index contributed by atoms with van der Waals surface area (Å²) in [4.78, 5) is 5.47. The Morgan fingerprint density at radius 3 is 2.95 bits per heavy atom. The fraction of sp³-hybridized carbons (Fsp3) is 0.429. The highest BCUT2D eigenvalue weighted by Gasteiger charge is 2.30. The first-order valence-corrected chi connectivity index (χ1v) is 8.85. The number of thiophene rings is 1. The fourth-order valence-electron chi connectivity index (χ4n) is 2.06. The van der Waals surface area contributed by atoms with Crippen molar-refractivity contribution in [3.8, 4) is 10.8 Å². The van der Waals surface area contributed by atoms with E-state index < -0.39 is 0 Å². The molecule has 0 amide bonds. The zero-order chi connectivity index (χ0) is 15.1. The highest BCUT2D eigenvalue weighted by Crippen LogP contribution is 2.40. The first-order valence-electron chi connectivity index (χ1n) is 7.09. The van der Waals surface area contributed by atoms with Crippen LogP contribution in [0, 0.1) is 6.92 Å². The van der Waals surface area contributed by atoms with E-state index in [9.17, 15) is 0 Å². The second-order valence-corrected chi connectivity index (χ2v) is 7.54. The van der Waals surface area contributed by atoms with Gasteiger partial charge in [0, 0.05) is 5.92 Å². The second-order valence-electron chi connectivity index (χ2n) is 5.33. The minimum absolute atomic E-state index is 0.0160. The molecular formula is C14H14N4O2S2. The number of rotatable bonds is 5. The summed E-state index contributed by atoms with van der Waals surface area (Å²) < 4.78 is 11.1. The Kier molecular flexibility index (Phi) is 3.50. The average Bonchev–Trinajstić information content (AvgIpc) is 2.92. The van der Waals surface area contributed by atoms with Gasteiger partial charge in [0.05, 0.1) is 10.1 Å². The Hall–Kier alpha value is -1.67. The van der Waals surface area contributed by atoms with Crippen molar-refractivity contribution >= 4 is 23.1 Å². The summed E-state index contributed by atoms with van der Waals surface area (Å²) in [6, 6.07) is 2.04. The Morgan fingerprint density at radius 2 is 2.23 bits per heavy atom. The minimum atomic E-state index is -0.0160. The number of hydrogen-bond donors (Lipinski definition) is 0. The molecule has 4 rings (SSSR count). The van der Waals surface area contributed by atoms with Crippen molar-refractivity contribution in [3.05, 3.63) is 28.7 Å². The van der Waals surface area contributed by atoms with E-state index in [0.717, 1.165) is 29.1 Å². The molecule has 1 atom stereocenters. The summed E-state index contributed by atoms with van der Waals surface area (Å²) in [6.07, 6.45) is 2.32. The topological polar surface area (TPSA) is 77.8 Å². The molecular weight excluding hydrogens is 320 g/mol. The van der Waals surface area contributed by atoms with Crippen molar-refractivity contribution in [2.45, 2.75) is 43.1 Å². The van der Waals surface area contributed by atoms with Crippen LogP contribution in [0.2, 0.25) is 0 Å². The van der Waals surface area contributed by atoms with Crippen LogP contribution in [0.3, 0.4) is 0 Å². The molecule has 1 aliphatic carbocycles. The van der Waals surface area contributed by atoms with Gasteiger partial charge in [-0.05, 0) is 43.7 Å². The molecule has 3 aromatic rings. The minimum Gasteiger partial charge on any atom is -0.410 e. The third-order valence-electron chi connectivity index (χ3n) is 3.49. The maximum atomic E-state index is 5.73. The van der Waals surface area contributed by atoms with E-state index in [1.54, 1.807) is 11.3 Å². The lowest BCUT2D eigenvalue weighted by Gasteiger charge is -2.00. The summed E-state index contributed by atoms with van der Waals surface area (Å²) in [5, 5.41) is 14.8. The van der Waals surface area contributed by atoms with Crippen LogP contribution in [0.1, 0.15) is 48.2 Å². The van der Waals surface area contributed by atoms with Crippen LogP contribution in [0.15, 0.2) is 25.6 Å². The Balaban J connectivity index is 1.48. The predicted molar refractivity (Wildman–Crippen MR) is 82.9 cm³/mol. The average molecular weight is 334 g/mol. The number of aromatic nitrogens is 4. The molecule has 3 aromatic heterocycles. The summed E-state index contributed by atoms with van der Waals surface area (Å²) in [5.41, 5.74) is 1.14. The molecule has 22 heavy (non-hydrogen) atoms. The highest BCUT2D eigenvalue weighted by molar-refractivity contribution is 7.99. The van der Waals surface area contributed by atoms with Gasteiger partial charge >= 0.3 is 0 Å². The molecule has 114 valence electrons. The van der Waals surface area contributed by atoms with Gasteiger partial charge in [0.2, 0.25) is 5.89 Å². The first kappa shape index (κ1) is 14.0. The van der Waals surface area contributed by atoms with Crippen molar-refractivity contribution in [2.75, 3.05) is 0 Å². The van der Waals surface area contributed by atoms with Crippen molar-refractivity contribution in [3.63, 3.8) is 0 Å². The maximum absolute atomic E-state index is 5.73. The van der Waals surface area contributed by atoms with Crippen molar-refractivity contribution in [1.29, 1.82) is 0 Å². The number of nitrogens with zero attached hydrogens (tertiary/aromatic N) is 4. The maximum Gasteiger partial charge on any atom is 0.277 e. The fourth-order valence-corrected chi connectivity index (χ4v) is 3.62. The standard InChI is InChI=1S/C14H14N4O2S2/c1-7-5-6-21-10(7)13-16-17-14(19-13)22-8(2)12-15-11(18-20-12)9-3-4-9/h5-6,8-9H,3-4H2,1-2H3/t8-/m1/s1. The molecule has 0 saturated heterocycles. The smallest absolute Gasteiger partial charge is 0.277 e. The largest absolute Gasteiger partial charge is 0.410 e. The normalized spacial score (nSPS) is 16.1. The van der Waals surface area contributed by atoms with E-state index in [0.29, 0.717) is 22.9 Å². The molecule has 0 aromatic carbocycles. The van der Waals surface area contributed by atoms with Crippen LogP contribution in [0.4, 0.5) is 0 Å². The predicted octanol–water partition coefficient (Wildman–Crippen LogP) is 4.22. The molecule has 0 bridgehead atoms. The van der Waals surface area contributed by atoms with Crippen molar-refractivity contribution < 1.29 is 8.94 Å². The van der Waals surface area contributed by atoms with Crippen LogP contribution in [0.5, 0.6) is 0 Å². The lowest BCUT2D eigenvalue weighted by atomic mass is 10.3. The van der Waals surface area contributed by atoms with Gasteiger partial charge in [0.25, 0.3) is 11.1 Å². The van der Waals surface area contributed by atoms with E-state index in [-0.39, 0.29) is 5.25 Å². The van der Waals surface area contributed by atoms with Crippen molar-refractivity contribution in [1.82, 2.24) is 20.3 Å². The van der Waals surface area contributed by atoms with E-state index >= 15 is 0 Å². The summed E-state index contributed by atoms with van der Waals surface area (Å²) in [6.45, 7) is 4.03. The van der Waals surface area contributed by atoms with Crippen LogP contribution < -0.4 is 0 Å². The van der Waals surface area contributed by atoms with Gasteiger partial charge in [-0.1, -0.05) is 16.9 Å². The van der Waals surface area contributed by atoms with Gasteiger partial charge in [0.1, 0.15) is 0 Å². The number of aryl methyl sites for hydroxylation is 1. The van der Waals surface area contributed by atoms with Gasteiger partial charge in [-0.15, -0.1) is 21.5 Å². The molecule has 1 saturated carbocycles. The Morgan fingerprint density at radius 1 is 1.36 bits per heavy atom. The van der Waals surface area contributed by atoms with Gasteiger partial charge in [-0.3, -0.25) is 0 Å². The Bertz CT molecular complexity index is 790. The lowest BCUT2D eigenvalue weighted by Crippen LogP contribution is -1.90. The zero-order valence-electron chi connectivity index (χ0n) is 12.1. The Labute approximate surface area is 135 Å². The molecule has 6 nitrogen and oxygen atoms in total. The molecule has 1 fully saturated rings. The van der Waals surface area contributed by atoms with Gasteiger partial charge in [-0.2, -0.15) is 4.98 Å². The van der Waals surface area contributed by atoms with E-state index in [1.807, 2.05) is 25.3 Å². The third kappa shape index (κ3) is 2.68. The SMILES string of the molecule is Cc1ccsc1-c1nnc(S[C@H](C)c2nc(C3CC3)no2)o1. The van der Waals surface area contributed by atoms with Crippen molar-refractivity contribution in [2.24, 2.45) is 0 Å². The second kappa shape index (κ2) is 5.51. The summed E-state index contributed by atoms with van der Waals surface area (Å²) >= 11 is 3.03. The number of thioether (sulfide) groups is 1. The van der Waals surface area contributed by atoms with Gasteiger partial charge in [0.15, 0.2) is 5.82 Å². The third-order valence-corrected chi connectivity index (χ3v) is 5.41. The molecule has 0 unspecified atom stereocenters. The lowest BCUT2D eigenvalue weighted by molar-refractivity contribution is 0.374. The van der Waals surface area contributed by atoms with E-state index in [4.69, 9.17) is 8.94 Å². The monoisotopic (exact) mass is 334 g/mol. The molecule has 1 aliphatic rings. The first-order chi connectivity index (χ1) is 10.7. The van der Waals surface area contributed by atoms with Crippen LogP contribution in [-0.4, -0.2) is 20.3 Å². The quantitative estimate of drug-likeness (QED) is 0.646. The van der Waals surface area contributed by atoms with Crippen LogP contribution >= 0.6 is 23.1 Å². The zero-order valence-corrected chi connectivity index (χ0v) is 13.8. The molecule has 3 heterocycles. The van der Waals surface area contributed by atoms with Crippen LogP contribution in [0.25, 0.3) is 10.8 Å². The van der Waals surface area contributed by atoms with Gasteiger partial charge in [-0.25, -0.2) is 0 Å². The van der Waals surface area contributed by atoms with Crippen LogP contribution in [-0.2, 0) is 0 Å². The number of hydrogen-bond acceptors (Lipinski definition) is 8. The molecule has 0 aliphatic heterocycles. The summed E-state index contributed by atoms with van der Waals surface area (Å²) in [7, 11) is 0. The summed E-state index contributed by atoms with van der Waals surface area (Å²) in [5.74, 6) is 2.49. The molecule has 0 radical (unpaired) electrons. The molecule has 0 spiro atoms. The van der Waals surface area contributed by atoms with Gasteiger partial charge < -0.3 is 8.94 Å². The van der Waals surface area contributed by atoms with E-state index in [1.165, 1.54) is 11.8 Å².